The van der Waals surface area contributed by atoms with Crippen molar-refractivity contribution in [3.05, 3.63) is 82.9 Å². The van der Waals surface area contributed by atoms with Crippen LogP contribution in [-0.4, -0.2) is 30.6 Å². The molecule has 0 heterocycles. The van der Waals surface area contributed by atoms with Gasteiger partial charge in [0.2, 0.25) is 0 Å². The quantitative estimate of drug-likeness (QED) is 0.174. The number of rotatable bonds is 7. The average Bonchev–Trinajstić information content (AvgIpc) is 2.84. The predicted octanol–water partition coefficient (Wildman–Crippen LogP) is 6.82. The van der Waals surface area contributed by atoms with Gasteiger partial charge in [0.25, 0.3) is 16.0 Å². The highest BCUT2D eigenvalue weighted by Gasteiger charge is 2.21. The van der Waals surface area contributed by atoms with E-state index in [0.29, 0.717) is 28.8 Å². The molecule has 4 aromatic rings. The molecule has 1 amide bonds. The molecule has 4 aromatic carbocycles. The highest BCUT2D eigenvalue weighted by atomic mass is 35.5. The molecular weight excluding hydrogens is 518 g/mol. The summed E-state index contributed by atoms with van der Waals surface area (Å²) in [7, 11) is -4.61. The number of azo groups is 1. The summed E-state index contributed by atoms with van der Waals surface area (Å²) in [6.07, 6.45) is 0. The van der Waals surface area contributed by atoms with Crippen molar-refractivity contribution in [1.82, 2.24) is 0 Å². The summed E-state index contributed by atoms with van der Waals surface area (Å²) in [6.45, 7) is 3.80. The minimum Gasteiger partial charge on any atom is -0.505 e. The Balaban J connectivity index is 1.76. The number of fused-ring (bicyclic) bond motifs is 1. The number of amides is 1. The largest absolute Gasteiger partial charge is 0.505 e. The third-order valence-corrected chi connectivity index (χ3v) is 6.98. The second kappa shape index (κ2) is 10.6. The van der Waals surface area contributed by atoms with Gasteiger partial charge < -0.3 is 15.2 Å². The summed E-state index contributed by atoms with van der Waals surface area (Å²) in [5.74, 6) is -0.320. The average molecular weight is 540 g/mol. The van der Waals surface area contributed by atoms with E-state index in [1.807, 2.05) is 6.92 Å². The van der Waals surface area contributed by atoms with E-state index >= 15 is 0 Å². The highest BCUT2D eigenvalue weighted by Crippen LogP contribution is 2.40. The van der Waals surface area contributed by atoms with E-state index in [1.165, 1.54) is 25.1 Å². The van der Waals surface area contributed by atoms with Gasteiger partial charge in [-0.25, -0.2) is 0 Å². The second-order valence-electron chi connectivity index (χ2n) is 7.95. The van der Waals surface area contributed by atoms with Gasteiger partial charge in [-0.3, -0.25) is 9.35 Å². The van der Waals surface area contributed by atoms with Crippen molar-refractivity contribution in [2.45, 2.75) is 18.7 Å². The SMILES string of the molecule is CCOc1ccc(NC(=O)c2cc3ccccc3c(N=Nc3ccc(Cl)c(S(=O)(=O)O)c3C)c2O)cc1. The third-order valence-electron chi connectivity index (χ3n) is 5.51. The Labute approximate surface area is 218 Å². The number of phenols is 1. The van der Waals surface area contributed by atoms with Crippen LogP contribution in [0.5, 0.6) is 11.5 Å². The van der Waals surface area contributed by atoms with Crippen molar-refractivity contribution >= 4 is 55.5 Å². The zero-order chi connectivity index (χ0) is 26.7. The molecule has 0 fully saturated rings. The first-order chi connectivity index (χ1) is 17.6. The maximum Gasteiger partial charge on any atom is 0.296 e. The van der Waals surface area contributed by atoms with E-state index in [1.54, 1.807) is 48.5 Å². The lowest BCUT2D eigenvalue weighted by Crippen LogP contribution is -2.12. The lowest BCUT2D eigenvalue weighted by Gasteiger charge is -2.12. The summed E-state index contributed by atoms with van der Waals surface area (Å²) < 4.78 is 38.5. The number of benzene rings is 4. The molecule has 0 atom stereocenters. The van der Waals surface area contributed by atoms with Gasteiger partial charge in [0.05, 0.1) is 22.9 Å². The zero-order valence-electron chi connectivity index (χ0n) is 19.8. The number of carbonyl (C=O) groups excluding carboxylic acids is 1. The standard InChI is InChI=1S/C26H22ClN3O6S/c1-3-36-18-10-8-17(9-11-18)28-26(32)20-14-16-6-4-5-7-19(16)23(24(20)31)30-29-22-13-12-21(27)25(15(22)2)37(33,34)35/h4-14,31H,3H2,1-2H3,(H,28,32)(H,33,34,35). The van der Waals surface area contributed by atoms with Gasteiger partial charge in [0.1, 0.15) is 16.3 Å². The maximum absolute atomic E-state index is 13.1. The number of halogens is 1. The number of carbonyl (C=O) groups is 1. The van der Waals surface area contributed by atoms with Crippen molar-refractivity contribution < 1.29 is 27.6 Å². The van der Waals surface area contributed by atoms with Crippen LogP contribution in [0.25, 0.3) is 10.8 Å². The van der Waals surface area contributed by atoms with Crippen LogP contribution in [0.2, 0.25) is 5.02 Å². The minimum absolute atomic E-state index is 0.0118. The van der Waals surface area contributed by atoms with Gasteiger partial charge in [-0.15, -0.1) is 5.11 Å². The Morgan fingerprint density at radius 1 is 1.05 bits per heavy atom. The Morgan fingerprint density at radius 2 is 1.76 bits per heavy atom. The lowest BCUT2D eigenvalue weighted by atomic mass is 10.0. The summed E-state index contributed by atoms with van der Waals surface area (Å²) in [4.78, 5) is 12.6. The molecule has 9 nitrogen and oxygen atoms in total. The van der Waals surface area contributed by atoms with Crippen LogP contribution in [0.1, 0.15) is 22.8 Å². The minimum atomic E-state index is -4.61. The van der Waals surface area contributed by atoms with E-state index in [2.05, 4.69) is 15.5 Å². The fraction of sp³-hybridized carbons (Fsp3) is 0.115. The number of phenolic OH excluding ortho intramolecular Hbond substituents is 1. The molecule has 37 heavy (non-hydrogen) atoms. The molecule has 0 saturated heterocycles. The van der Waals surface area contributed by atoms with E-state index < -0.39 is 26.7 Å². The molecule has 0 radical (unpaired) electrons. The molecule has 0 aliphatic heterocycles. The number of nitrogens with one attached hydrogen (secondary N) is 1. The molecule has 3 N–H and O–H groups in total. The number of ether oxygens (including phenoxy) is 1. The molecule has 0 unspecified atom stereocenters. The molecule has 11 heteroatoms. The van der Waals surface area contributed by atoms with Gasteiger partial charge >= 0.3 is 0 Å². The van der Waals surface area contributed by atoms with Gasteiger partial charge in [-0.1, -0.05) is 35.9 Å². The molecule has 0 aliphatic carbocycles. The van der Waals surface area contributed by atoms with E-state index in [4.69, 9.17) is 16.3 Å². The van der Waals surface area contributed by atoms with Crippen LogP contribution in [0.3, 0.4) is 0 Å². The van der Waals surface area contributed by atoms with Gasteiger partial charge in [-0.2, -0.15) is 13.5 Å². The van der Waals surface area contributed by atoms with Crippen molar-refractivity contribution in [1.29, 1.82) is 0 Å². The predicted molar refractivity (Wildman–Crippen MR) is 141 cm³/mol. The fourth-order valence-electron chi connectivity index (χ4n) is 3.77. The molecular formula is C26H22ClN3O6S. The first-order valence-electron chi connectivity index (χ1n) is 11.1. The van der Waals surface area contributed by atoms with Crippen LogP contribution in [0.15, 0.2) is 81.9 Å². The topological polar surface area (TPSA) is 138 Å². The van der Waals surface area contributed by atoms with Crippen LogP contribution in [0.4, 0.5) is 17.1 Å². The van der Waals surface area contributed by atoms with Crippen LogP contribution >= 0.6 is 11.6 Å². The highest BCUT2D eigenvalue weighted by molar-refractivity contribution is 7.86. The molecule has 4 rings (SSSR count). The monoisotopic (exact) mass is 539 g/mol. The summed E-state index contributed by atoms with van der Waals surface area (Å²) in [5, 5.41) is 23.0. The third kappa shape index (κ3) is 5.56. The fourth-order valence-corrected chi connectivity index (χ4v) is 5.07. The van der Waals surface area contributed by atoms with Crippen molar-refractivity contribution in [3.8, 4) is 11.5 Å². The van der Waals surface area contributed by atoms with Crippen molar-refractivity contribution in [3.63, 3.8) is 0 Å². The van der Waals surface area contributed by atoms with Gasteiger partial charge in [-0.05, 0) is 67.3 Å². The summed E-state index contributed by atoms with van der Waals surface area (Å²) in [6, 6.07) is 18.0. The molecule has 0 bridgehead atoms. The van der Waals surface area contributed by atoms with E-state index in [9.17, 15) is 22.9 Å². The summed E-state index contributed by atoms with van der Waals surface area (Å²) in [5.41, 5.74) is 0.654. The number of hydrogen-bond acceptors (Lipinski definition) is 7. The Bertz CT molecular complexity index is 1640. The first kappa shape index (κ1) is 26.1. The number of hydrogen-bond donors (Lipinski definition) is 3. The normalized spacial score (nSPS) is 11.7. The maximum atomic E-state index is 13.1. The summed E-state index contributed by atoms with van der Waals surface area (Å²) >= 11 is 5.95. The van der Waals surface area contributed by atoms with E-state index in [0.717, 1.165) is 0 Å². The zero-order valence-corrected chi connectivity index (χ0v) is 21.3. The van der Waals surface area contributed by atoms with Crippen molar-refractivity contribution in [2.24, 2.45) is 10.2 Å². The molecule has 0 saturated carbocycles. The van der Waals surface area contributed by atoms with Crippen LogP contribution < -0.4 is 10.1 Å². The number of nitrogens with zero attached hydrogens (tertiary/aromatic N) is 2. The van der Waals surface area contributed by atoms with Gasteiger partial charge in [0, 0.05) is 11.1 Å². The van der Waals surface area contributed by atoms with Crippen molar-refractivity contribution in [2.75, 3.05) is 11.9 Å². The molecule has 0 aliphatic rings. The molecule has 190 valence electrons. The first-order valence-corrected chi connectivity index (χ1v) is 12.9. The number of anilines is 1. The number of aromatic hydroxyl groups is 1. The lowest BCUT2D eigenvalue weighted by molar-refractivity contribution is 0.102. The van der Waals surface area contributed by atoms with E-state index in [-0.39, 0.29) is 27.5 Å². The van der Waals surface area contributed by atoms with Crippen LogP contribution in [-0.2, 0) is 10.1 Å². The van der Waals surface area contributed by atoms with Crippen LogP contribution in [0, 0.1) is 6.92 Å². The Hall–Kier alpha value is -3.99. The molecule has 0 aromatic heterocycles. The smallest absolute Gasteiger partial charge is 0.296 e. The second-order valence-corrected chi connectivity index (χ2v) is 9.72. The Kier molecular flexibility index (Phi) is 7.44. The van der Waals surface area contributed by atoms with Gasteiger partial charge in [0.15, 0.2) is 5.75 Å². The molecule has 0 spiro atoms. The Morgan fingerprint density at radius 3 is 2.43 bits per heavy atom.